The van der Waals surface area contributed by atoms with Crippen molar-refractivity contribution in [1.29, 1.82) is 0 Å². The standard InChI is InChI=1S/C25H27F2N3O3/c1-25(2,24(32)33)11-4-9-22(31)29-13-10-16-17-6-5-12-28-23(17)30(21(16)15-29)14-18-19(26)7-3-8-20(18)27/h3,5-8,12H,4,9-11,13-15H2,1-2H3,(H,32,33). The van der Waals surface area contributed by atoms with Gasteiger partial charge >= 0.3 is 5.97 Å². The number of benzene rings is 1. The molecule has 1 amide bonds. The summed E-state index contributed by atoms with van der Waals surface area (Å²) >= 11 is 0. The third-order valence-electron chi connectivity index (χ3n) is 6.52. The molecule has 6 nitrogen and oxygen atoms in total. The first-order valence-electron chi connectivity index (χ1n) is 11.1. The van der Waals surface area contributed by atoms with Crippen LogP contribution in [0, 0.1) is 17.0 Å². The van der Waals surface area contributed by atoms with Gasteiger partial charge in [0.2, 0.25) is 5.91 Å². The first-order valence-corrected chi connectivity index (χ1v) is 11.1. The van der Waals surface area contributed by atoms with Crippen molar-refractivity contribution < 1.29 is 23.5 Å². The number of fused-ring (bicyclic) bond motifs is 3. The summed E-state index contributed by atoms with van der Waals surface area (Å²) in [5.41, 5.74) is 1.60. The predicted molar refractivity (Wildman–Crippen MR) is 120 cm³/mol. The summed E-state index contributed by atoms with van der Waals surface area (Å²) in [6.07, 6.45) is 3.41. The number of nitrogens with zero attached hydrogens (tertiary/aromatic N) is 3. The van der Waals surface area contributed by atoms with Crippen molar-refractivity contribution in [3.63, 3.8) is 0 Å². The molecule has 0 atom stereocenters. The molecule has 33 heavy (non-hydrogen) atoms. The summed E-state index contributed by atoms with van der Waals surface area (Å²) in [5, 5.41) is 10.2. The lowest BCUT2D eigenvalue weighted by molar-refractivity contribution is -0.147. The number of aromatic nitrogens is 2. The van der Waals surface area contributed by atoms with Crippen molar-refractivity contribution in [2.75, 3.05) is 6.54 Å². The van der Waals surface area contributed by atoms with Crippen LogP contribution in [0.5, 0.6) is 0 Å². The minimum absolute atomic E-state index is 0.0177. The maximum Gasteiger partial charge on any atom is 0.309 e. The average Bonchev–Trinajstić information content (AvgIpc) is 3.09. The van der Waals surface area contributed by atoms with Gasteiger partial charge in [0.25, 0.3) is 0 Å². The fourth-order valence-corrected chi connectivity index (χ4v) is 4.43. The summed E-state index contributed by atoms with van der Waals surface area (Å²) in [4.78, 5) is 30.4. The van der Waals surface area contributed by atoms with Crippen LogP contribution in [0.4, 0.5) is 8.78 Å². The highest BCUT2D eigenvalue weighted by Crippen LogP contribution is 2.32. The summed E-state index contributed by atoms with van der Waals surface area (Å²) < 4.78 is 30.6. The zero-order valence-electron chi connectivity index (χ0n) is 18.8. The molecule has 1 aliphatic rings. The van der Waals surface area contributed by atoms with Gasteiger partial charge in [-0.05, 0) is 62.9 Å². The molecule has 1 aliphatic heterocycles. The van der Waals surface area contributed by atoms with E-state index in [1.807, 2.05) is 12.1 Å². The van der Waals surface area contributed by atoms with Crippen molar-refractivity contribution in [1.82, 2.24) is 14.5 Å². The Kier molecular flexibility index (Phi) is 6.19. The van der Waals surface area contributed by atoms with E-state index in [0.717, 1.165) is 16.6 Å². The van der Waals surface area contributed by atoms with E-state index < -0.39 is 23.0 Å². The number of carbonyl (C=O) groups is 2. The molecular weight excluding hydrogens is 428 g/mol. The Morgan fingerprint density at radius 1 is 1.15 bits per heavy atom. The Hall–Kier alpha value is -3.29. The highest BCUT2D eigenvalue weighted by atomic mass is 19.1. The number of hydrogen-bond donors (Lipinski definition) is 1. The highest BCUT2D eigenvalue weighted by molar-refractivity contribution is 5.84. The molecule has 0 saturated heterocycles. The second-order valence-electron chi connectivity index (χ2n) is 9.19. The van der Waals surface area contributed by atoms with Gasteiger partial charge in [0.1, 0.15) is 17.3 Å². The van der Waals surface area contributed by atoms with Gasteiger partial charge < -0.3 is 14.6 Å². The molecule has 0 saturated carbocycles. The largest absolute Gasteiger partial charge is 0.481 e. The molecule has 0 spiro atoms. The number of carbonyl (C=O) groups excluding carboxylic acids is 1. The van der Waals surface area contributed by atoms with E-state index in [-0.39, 0.29) is 24.4 Å². The molecule has 8 heteroatoms. The Morgan fingerprint density at radius 3 is 2.58 bits per heavy atom. The maximum atomic E-state index is 14.4. The second-order valence-corrected chi connectivity index (χ2v) is 9.19. The number of aliphatic carboxylic acids is 1. The lowest BCUT2D eigenvalue weighted by atomic mass is 9.87. The second kappa shape index (κ2) is 8.92. The van der Waals surface area contributed by atoms with E-state index in [9.17, 15) is 23.5 Å². The lowest BCUT2D eigenvalue weighted by Gasteiger charge is -2.29. The number of carboxylic acid groups (broad SMARTS) is 1. The molecular formula is C25H27F2N3O3. The number of halogens is 2. The van der Waals surface area contributed by atoms with E-state index in [0.29, 0.717) is 38.0 Å². The van der Waals surface area contributed by atoms with Gasteiger partial charge in [-0.2, -0.15) is 0 Å². The lowest BCUT2D eigenvalue weighted by Crippen LogP contribution is -2.37. The molecule has 3 aromatic rings. The predicted octanol–water partition coefficient (Wildman–Crippen LogP) is 4.53. The number of rotatable bonds is 7. The van der Waals surface area contributed by atoms with Gasteiger partial charge in [0, 0.05) is 35.8 Å². The first-order chi connectivity index (χ1) is 15.7. The van der Waals surface area contributed by atoms with Gasteiger partial charge in [0.15, 0.2) is 0 Å². The monoisotopic (exact) mass is 455 g/mol. The highest BCUT2D eigenvalue weighted by Gasteiger charge is 2.30. The topological polar surface area (TPSA) is 75.4 Å². The molecule has 0 unspecified atom stereocenters. The third-order valence-corrected chi connectivity index (χ3v) is 6.52. The van der Waals surface area contributed by atoms with Gasteiger partial charge in [-0.15, -0.1) is 0 Å². The SMILES string of the molecule is CC(C)(CCCC(=O)N1CCc2c(n(Cc3c(F)cccc3F)c3ncccc23)C1)C(=O)O. The van der Waals surface area contributed by atoms with Crippen LogP contribution in [0.15, 0.2) is 36.5 Å². The Balaban J connectivity index is 1.59. The van der Waals surface area contributed by atoms with Crippen LogP contribution in [-0.2, 0) is 29.1 Å². The van der Waals surface area contributed by atoms with Crippen molar-refractivity contribution >= 4 is 22.9 Å². The van der Waals surface area contributed by atoms with Crippen LogP contribution in [0.25, 0.3) is 11.0 Å². The summed E-state index contributed by atoms with van der Waals surface area (Å²) in [6, 6.07) is 7.58. The molecule has 0 radical (unpaired) electrons. The number of hydrogen-bond acceptors (Lipinski definition) is 3. The molecule has 1 aromatic carbocycles. The van der Waals surface area contributed by atoms with E-state index >= 15 is 0 Å². The fraction of sp³-hybridized carbons (Fsp3) is 0.400. The zero-order valence-corrected chi connectivity index (χ0v) is 18.8. The quantitative estimate of drug-likeness (QED) is 0.568. The number of amides is 1. The van der Waals surface area contributed by atoms with Crippen LogP contribution in [0.1, 0.15) is 49.9 Å². The molecule has 3 heterocycles. The summed E-state index contributed by atoms with van der Waals surface area (Å²) in [7, 11) is 0. The molecule has 2 aromatic heterocycles. The van der Waals surface area contributed by atoms with E-state index in [4.69, 9.17) is 0 Å². The van der Waals surface area contributed by atoms with Crippen molar-refractivity contribution in [3.8, 4) is 0 Å². The first kappa shape index (κ1) is 22.9. The Morgan fingerprint density at radius 2 is 1.88 bits per heavy atom. The summed E-state index contributed by atoms with van der Waals surface area (Å²) in [5.74, 6) is -2.17. The van der Waals surface area contributed by atoms with E-state index in [2.05, 4.69) is 4.98 Å². The van der Waals surface area contributed by atoms with Crippen LogP contribution in [-0.4, -0.2) is 38.0 Å². The maximum absolute atomic E-state index is 14.4. The van der Waals surface area contributed by atoms with Gasteiger partial charge in [-0.1, -0.05) is 6.07 Å². The van der Waals surface area contributed by atoms with E-state index in [1.54, 1.807) is 29.5 Å². The minimum Gasteiger partial charge on any atom is -0.481 e. The molecule has 4 rings (SSSR count). The van der Waals surface area contributed by atoms with Gasteiger partial charge in [0.05, 0.1) is 18.5 Å². The van der Waals surface area contributed by atoms with Gasteiger partial charge in [-0.3, -0.25) is 9.59 Å². The van der Waals surface area contributed by atoms with Crippen LogP contribution < -0.4 is 0 Å². The third kappa shape index (κ3) is 4.47. The minimum atomic E-state index is -0.880. The molecule has 0 bridgehead atoms. The molecule has 1 N–H and O–H groups in total. The Bertz CT molecular complexity index is 1200. The Labute approximate surface area is 190 Å². The fourth-order valence-electron chi connectivity index (χ4n) is 4.43. The van der Waals surface area contributed by atoms with Gasteiger partial charge in [-0.25, -0.2) is 13.8 Å². The van der Waals surface area contributed by atoms with Crippen molar-refractivity contribution in [2.45, 2.75) is 52.6 Å². The smallest absolute Gasteiger partial charge is 0.309 e. The number of pyridine rings is 1. The molecule has 174 valence electrons. The van der Waals surface area contributed by atoms with Crippen molar-refractivity contribution in [2.24, 2.45) is 5.41 Å². The van der Waals surface area contributed by atoms with E-state index in [1.165, 1.54) is 18.2 Å². The van der Waals surface area contributed by atoms with Crippen molar-refractivity contribution in [3.05, 3.63) is 65.0 Å². The molecule has 0 aliphatic carbocycles. The van der Waals surface area contributed by atoms with Crippen LogP contribution >= 0.6 is 0 Å². The number of carboxylic acids is 1. The normalized spacial score (nSPS) is 13.9. The zero-order chi connectivity index (χ0) is 23.8. The summed E-state index contributed by atoms with van der Waals surface area (Å²) in [6.45, 7) is 4.15. The van der Waals surface area contributed by atoms with Crippen LogP contribution in [0.3, 0.4) is 0 Å². The van der Waals surface area contributed by atoms with Crippen LogP contribution in [0.2, 0.25) is 0 Å². The molecule has 0 fully saturated rings. The average molecular weight is 456 g/mol.